The van der Waals surface area contributed by atoms with Gasteiger partial charge in [-0.25, -0.2) is 0 Å². The number of nitrogens with zero attached hydrogens (tertiary/aromatic N) is 1. The standard InChI is InChI=1S/C21H26N2O.2ClH/c1-16(15-23-13-11-20(22)12-14-23)17-7-9-19(10-8-17)21(24)18-5-3-2-4-6-18;;/h2-10,16,20H,11-15,22H2,1H3;2*1H. The minimum absolute atomic E-state index is 0. The Kier molecular flexibility index (Phi) is 9.31. The summed E-state index contributed by atoms with van der Waals surface area (Å²) in [6.07, 6.45) is 2.19. The maximum atomic E-state index is 12.5. The summed E-state index contributed by atoms with van der Waals surface area (Å²) in [5.74, 6) is 0.542. The Morgan fingerprint density at radius 1 is 1.00 bits per heavy atom. The number of carbonyl (C=O) groups is 1. The predicted molar refractivity (Wildman–Crippen MR) is 113 cm³/mol. The molecule has 3 nitrogen and oxygen atoms in total. The molecule has 1 fully saturated rings. The fourth-order valence-electron chi connectivity index (χ4n) is 3.35. The molecule has 1 unspecified atom stereocenters. The first kappa shape index (κ1) is 22.7. The van der Waals surface area contributed by atoms with Crippen LogP contribution in [-0.4, -0.2) is 36.4 Å². The van der Waals surface area contributed by atoms with E-state index in [1.807, 2.05) is 42.5 Å². The van der Waals surface area contributed by atoms with Gasteiger partial charge in [-0.3, -0.25) is 4.79 Å². The van der Waals surface area contributed by atoms with Gasteiger partial charge in [-0.05, 0) is 37.4 Å². The lowest BCUT2D eigenvalue weighted by molar-refractivity contribution is 0.103. The second kappa shape index (κ2) is 10.7. The van der Waals surface area contributed by atoms with Crippen LogP contribution in [0.5, 0.6) is 0 Å². The Morgan fingerprint density at radius 3 is 2.12 bits per heavy atom. The Morgan fingerprint density at radius 2 is 1.54 bits per heavy atom. The maximum absolute atomic E-state index is 12.5. The number of hydrogen-bond acceptors (Lipinski definition) is 3. The Hall–Kier alpha value is -1.39. The highest BCUT2D eigenvalue weighted by molar-refractivity contribution is 6.08. The van der Waals surface area contributed by atoms with Crippen molar-refractivity contribution >= 4 is 30.6 Å². The number of likely N-dealkylation sites (tertiary alicyclic amines) is 1. The third kappa shape index (κ3) is 5.82. The van der Waals surface area contributed by atoms with Crippen molar-refractivity contribution in [1.82, 2.24) is 4.90 Å². The average molecular weight is 395 g/mol. The van der Waals surface area contributed by atoms with Gasteiger partial charge in [0.1, 0.15) is 0 Å². The molecule has 3 rings (SSSR count). The topological polar surface area (TPSA) is 46.3 Å². The number of nitrogens with two attached hydrogens (primary N) is 1. The Labute approximate surface area is 168 Å². The van der Waals surface area contributed by atoms with Crippen molar-refractivity contribution in [1.29, 1.82) is 0 Å². The molecule has 0 bridgehead atoms. The van der Waals surface area contributed by atoms with Crippen LogP contribution in [0.1, 0.15) is 47.2 Å². The fraction of sp³-hybridized carbons (Fsp3) is 0.381. The first-order valence-electron chi connectivity index (χ1n) is 8.81. The fourth-order valence-corrected chi connectivity index (χ4v) is 3.35. The molecule has 142 valence electrons. The molecule has 0 radical (unpaired) electrons. The third-order valence-electron chi connectivity index (χ3n) is 4.94. The van der Waals surface area contributed by atoms with E-state index in [1.54, 1.807) is 0 Å². The second-order valence-electron chi connectivity index (χ2n) is 6.86. The van der Waals surface area contributed by atoms with E-state index in [4.69, 9.17) is 5.73 Å². The largest absolute Gasteiger partial charge is 0.328 e. The third-order valence-corrected chi connectivity index (χ3v) is 4.94. The van der Waals surface area contributed by atoms with Gasteiger partial charge in [0.2, 0.25) is 0 Å². The molecule has 0 amide bonds. The summed E-state index contributed by atoms with van der Waals surface area (Å²) in [7, 11) is 0. The highest BCUT2D eigenvalue weighted by atomic mass is 35.5. The summed E-state index contributed by atoms with van der Waals surface area (Å²) in [5, 5.41) is 0. The number of benzene rings is 2. The van der Waals surface area contributed by atoms with Gasteiger partial charge < -0.3 is 10.6 Å². The molecule has 1 atom stereocenters. The zero-order chi connectivity index (χ0) is 16.9. The first-order valence-corrected chi connectivity index (χ1v) is 8.81. The Balaban J connectivity index is 0.00000169. The molecule has 1 heterocycles. The van der Waals surface area contributed by atoms with Crippen molar-refractivity contribution in [2.24, 2.45) is 5.73 Å². The van der Waals surface area contributed by atoms with E-state index in [2.05, 4.69) is 24.0 Å². The molecule has 0 saturated carbocycles. The van der Waals surface area contributed by atoms with E-state index < -0.39 is 0 Å². The highest BCUT2D eigenvalue weighted by Gasteiger charge is 2.18. The van der Waals surface area contributed by atoms with Crippen LogP contribution in [0.4, 0.5) is 0 Å². The van der Waals surface area contributed by atoms with Crippen LogP contribution >= 0.6 is 24.8 Å². The van der Waals surface area contributed by atoms with E-state index in [0.29, 0.717) is 12.0 Å². The summed E-state index contributed by atoms with van der Waals surface area (Å²) in [5.41, 5.74) is 8.75. The number of carbonyl (C=O) groups excluding carboxylic acids is 1. The van der Waals surface area contributed by atoms with Crippen molar-refractivity contribution in [3.05, 3.63) is 71.3 Å². The van der Waals surface area contributed by atoms with Gasteiger partial charge in [-0.2, -0.15) is 0 Å². The van der Waals surface area contributed by atoms with E-state index in [-0.39, 0.29) is 30.6 Å². The quantitative estimate of drug-likeness (QED) is 0.769. The molecule has 1 aliphatic rings. The van der Waals surface area contributed by atoms with Crippen LogP contribution in [0.2, 0.25) is 0 Å². The van der Waals surface area contributed by atoms with Crippen molar-refractivity contribution < 1.29 is 4.79 Å². The van der Waals surface area contributed by atoms with Crippen molar-refractivity contribution in [3.8, 4) is 0 Å². The van der Waals surface area contributed by atoms with E-state index in [9.17, 15) is 4.79 Å². The number of piperidine rings is 1. The van der Waals surface area contributed by atoms with Crippen LogP contribution in [0.3, 0.4) is 0 Å². The lowest BCUT2D eigenvalue weighted by Crippen LogP contribution is -2.41. The maximum Gasteiger partial charge on any atom is 0.193 e. The molecule has 26 heavy (non-hydrogen) atoms. The lowest BCUT2D eigenvalue weighted by atomic mass is 9.95. The Bertz CT molecular complexity index is 668. The molecule has 5 heteroatoms. The smallest absolute Gasteiger partial charge is 0.193 e. The summed E-state index contributed by atoms with van der Waals surface area (Å²) in [6, 6.07) is 17.9. The minimum Gasteiger partial charge on any atom is -0.328 e. The van der Waals surface area contributed by atoms with Gasteiger partial charge in [-0.15, -0.1) is 24.8 Å². The summed E-state index contributed by atoms with van der Waals surface area (Å²) >= 11 is 0. The number of rotatable bonds is 5. The first-order chi connectivity index (χ1) is 11.6. The summed E-state index contributed by atoms with van der Waals surface area (Å²) < 4.78 is 0. The minimum atomic E-state index is 0. The van der Waals surface area contributed by atoms with Crippen LogP contribution in [0, 0.1) is 0 Å². The van der Waals surface area contributed by atoms with Crippen molar-refractivity contribution in [2.45, 2.75) is 31.7 Å². The van der Waals surface area contributed by atoms with Crippen LogP contribution < -0.4 is 5.73 Å². The van der Waals surface area contributed by atoms with Crippen LogP contribution in [0.25, 0.3) is 0 Å². The number of hydrogen-bond donors (Lipinski definition) is 1. The predicted octanol–water partition coefficient (Wildman–Crippen LogP) is 4.29. The van der Waals surface area contributed by atoms with Gasteiger partial charge in [0.05, 0.1) is 0 Å². The molecule has 2 aromatic carbocycles. The summed E-state index contributed by atoms with van der Waals surface area (Å²) in [6.45, 7) is 5.49. The molecule has 0 spiro atoms. The van der Waals surface area contributed by atoms with Crippen LogP contribution in [-0.2, 0) is 0 Å². The molecular weight excluding hydrogens is 367 g/mol. The molecule has 1 saturated heterocycles. The molecule has 2 N–H and O–H groups in total. The van der Waals surface area contributed by atoms with E-state index >= 15 is 0 Å². The van der Waals surface area contributed by atoms with Gasteiger partial charge >= 0.3 is 0 Å². The molecular formula is C21H28Cl2N2O. The lowest BCUT2D eigenvalue weighted by Gasteiger charge is -2.32. The van der Waals surface area contributed by atoms with Crippen molar-refractivity contribution in [3.63, 3.8) is 0 Å². The molecule has 1 aliphatic heterocycles. The van der Waals surface area contributed by atoms with Gasteiger partial charge in [0.25, 0.3) is 0 Å². The molecule has 0 aromatic heterocycles. The number of ketones is 1. The van der Waals surface area contributed by atoms with Crippen molar-refractivity contribution in [2.75, 3.05) is 19.6 Å². The zero-order valence-electron chi connectivity index (χ0n) is 15.1. The van der Waals surface area contributed by atoms with Gasteiger partial charge in [0.15, 0.2) is 5.78 Å². The monoisotopic (exact) mass is 394 g/mol. The zero-order valence-corrected chi connectivity index (χ0v) is 16.8. The van der Waals surface area contributed by atoms with Gasteiger partial charge in [0, 0.05) is 23.7 Å². The second-order valence-corrected chi connectivity index (χ2v) is 6.86. The van der Waals surface area contributed by atoms with E-state index in [0.717, 1.165) is 43.6 Å². The number of halogens is 2. The SMILES string of the molecule is CC(CN1CCC(N)CC1)c1ccc(C(=O)c2ccccc2)cc1.Cl.Cl. The van der Waals surface area contributed by atoms with E-state index in [1.165, 1.54) is 5.56 Å². The normalized spacial score (nSPS) is 16.2. The molecule has 2 aromatic rings. The van der Waals surface area contributed by atoms with Crippen LogP contribution in [0.15, 0.2) is 54.6 Å². The van der Waals surface area contributed by atoms with Gasteiger partial charge in [-0.1, -0.05) is 61.5 Å². The molecule has 0 aliphatic carbocycles. The highest BCUT2D eigenvalue weighted by Crippen LogP contribution is 2.20. The summed E-state index contributed by atoms with van der Waals surface area (Å²) in [4.78, 5) is 15.0. The average Bonchev–Trinajstić information content (AvgIpc) is 2.64.